The average molecular weight is 334 g/mol. The van der Waals surface area contributed by atoms with Crippen LogP contribution < -0.4 is 5.32 Å². The predicted octanol–water partition coefficient (Wildman–Crippen LogP) is 5.96. The molecular weight excluding hydrogens is 311 g/mol. The predicted molar refractivity (Wildman–Crippen MR) is 101 cm³/mol. The van der Waals surface area contributed by atoms with Gasteiger partial charge in [0.25, 0.3) is 0 Å². The van der Waals surface area contributed by atoms with Crippen molar-refractivity contribution in [2.45, 2.75) is 32.7 Å². The third kappa shape index (κ3) is 3.37. The molecule has 0 bridgehead atoms. The van der Waals surface area contributed by atoms with Crippen LogP contribution in [0.2, 0.25) is 0 Å². The highest BCUT2D eigenvalue weighted by molar-refractivity contribution is 5.81. The highest BCUT2D eigenvalue weighted by Gasteiger charge is 2.41. The fourth-order valence-corrected chi connectivity index (χ4v) is 4.08. The summed E-state index contributed by atoms with van der Waals surface area (Å²) in [6.45, 7) is 4.66. The van der Waals surface area contributed by atoms with Crippen molar-refractivity contribution in [2.75, 3.05) is 5.32 Å². The normalized spacial score (nSPS) is 17.9. The monoisotopic (exact) mass is 334 g/mol. The molecule has 0 radical (unpaired) electrons. The molecule has 1 saturated carbocycles. The van der Waals surface area contributed by atoms with Crippen molar-refractivity contribution in [3.05, 3.63) is 72.2 Å². The third-order valence-corrected chi connectivity index (χ3v) is 5.23. The van der Waals surface area contributed by atoms with Crippen molar-refractivity contribution < 1.29 is 4.39 Å². The minimum absolute atomic E-state index is 0.250. The van der Waals surface area contributed by atoms with Gasteiger partial charge in [0.05, 0.1) is 23.4 Å². The van der Waals surface area contributed by atoms with Gasteiger partial charge in [-0.3, -0.25) is 4.98 Å². The molecule has 3 heteroatoms. The number of nitrogens with zero attached hydrogens (tertiary/aromatic N) is 1. The van der Waals surface area contributed by atoms with Crippen molar-refractivity contribution >= 4 is 16.6 Å². The molecule has 1 aromatic heterocycles. The van der Waals surface area contributed by atoms with Gasteiger partial charge < -0.3 is 5.32 Å². The molecule has 1 atom stereocenters. The molecule has 128 valence electrons. The molecule has 1 aliphatic carbocycles. The van der Waals surface area contributed by atoms with Crippen LogP contribution in [-0.4, -0.2) is 4.98 Å². The number of rotatable bonds is 4. The third-order valence-electron chi connectivity index (χ3n) is 5.23. The van der Waals surface area contributed by atoms with E-state index < -0.39 is 0 Å². The molecule has 0 saturated heterocycles. The lowest BCUT2D eigenvalue weighted by Gasteiger charge is -2.47. The second-order valence-corrected chi connectivity index (χ2v) is 7.93. The number of aromatic nitrogens is 1. The molecule has 3 aromatic rings. The van der Waals surface area contributed by atoms with E-state index in [2.05, 4.69) is 60.5 Å². The summed E-state index contributed by atoms with van der Waals surface area (Å²) in [5.74, 6) is 0.362. The standard InChI is InChI=1S/C22H23FN2/c1-22(2)12-17(13-22)21(15-6-4-3-5-7-15)25-19-10-16-8-9-18(23)11-20(16)24-14-19/h3-11,14,17,21,25H,12-13H2,1-2H3. The molecule has 0 amide bonds. The van der Waals surface area contributed by atoms with Crippen molar-refractivity contribution in [1.29, 1.82) is 0 Å². The summed E-state index contributed by atoms with van der Waals surface area (Å²) in [7, 11) is 0. The number of nitrogens with one attached hydrogen (secondary N) is 1. The van der Waals surface area contributed by atoms with Crippen LogP contribution in [-0.2, 0) is 0 Å². The lowest BCUT2D eigenvalue weighted by Crippen LogP contribution is -2.38. The molecule has 4 rings (SSSR count). The summed E-state index contributed by atoms with van der Waals surface area (Å²) in [5.41, 5.74) is 3.41. The molecule has 0 spiro atoms. The van der Waals surface area contributed by atoms with Gasteiger partial charge in [0.15, 0.2) is 0 Å². The first-order chi connectivity index (χ1) is 12.0. The first-order valence-electron chi connectivity index (χ1n) is 8.87. The van der Waals surface area contributed by atoms with Gasteiger partial charge in [-0.1, -0.05) is 44.2 Å². The molecule has 25 heavy (non-hydrogen) atoms. The number of fused-ring (bicyclic) bond motifs is 1. The number of anilines is 1. The molecular formula is C22H23FN2. The van der Waals surface area contributed by atoms with E-state index in [4.69, 9.17) is 0 Å². The van der Waals surface area contributed by atoms with Gasteiger partial charge in [-0.2, -0.15) is 0 Å². The maximum absolute atomic E-state index is 13.3. The zero-order valence-corrected chi connectivity index (χ0v) is 14.7. The summed E-state index contributed by atoms with van der Waals surface area (Å²) < 4.78 is 13.3. The van der Waals surface area contributed by atoms with E-state index in [0.717, 1.165) is 11.1 Å². The number of benzene rings is 2. The highest BCUT2D eigenvalue weighted by Crippen LogP contribution is 2.51. The van der Waals surface area contributed by atoms with Crippen molar-refractivity contribution in [3.63, 3.8) is 0 Å². The van der Waals surface area contributed by atoms with Gasteiger partial charge in [-0.05, 0) is 47.9 Å². The average Bonchev–Trinajstić information content (AvgIpc) is 2.58. The van der Waals surface area contributed by atoms with Crippen LogP contribution in [0.4, 0.5) is 10.1 Å². The lowest BCUT2D eigenvalue weighted by atomic mass is 9.61. The Morgan fingerprint density at radius 2 is 1.84 bits per heavy atom. The maximum atomic E-state index is 13.3. The fourth-order valence-electron chi connectivity index (χ4n) is 4.08. The van der Waals surface area contributed by atoms with E-state index in [-0.39, 0.29) is 11.9 Å². The van der Waals surface area contributed by atoms with Gasteiger partial charge >= 0.3 is 0 Å². The van der Waals surface area contributed by atoms with Crippen LogP contribution in [0.5, 0.6) is 0 Å². The molecule has 1 heterocycles. The van der Waals surface area contributed by atoms with E-state index in [1.54, 1.807) is 6.07 Å². The minimum atomic E-state index is -0.250. The van der Waals surface area contributed by atoms with Gasteiger partial charge in [0.1, 0.15) is 5.82 Å². The van der Waals surface area contributed by atoms with Crippen LogP contribution in [0.15, 0.2) is 60.8 Å². The summed E-state index contributed by atoms with van der Waals surface area (Å²) in [4.78, 5) is 4.42. The van der Waals surface area contributed by atoms with Gasteiger partial charge in [0, 0.05) is 11.5 Å². The Morgan fingerprint density at radius 1 is 1.08 bits per heavy atom. The SMILES string of the molecule is CC1(C)CC(C(Nc2cnc3cc(F)ccc3c2)c2ccccc2)C1. The Kier molecular flexibility index (Phi) is 3.95. The number of hydrogen-bond donors (Lipinski definition) is 1. The van der Waals surface area contributed by atoms with E-state index in [9.17, 15) is 4.39 Å². The second-order valence-electron chi connectivity index (χ2n) is 7.93. The van der Waals surface area contributed by atoms with Crippen molar-refractivity contribution in [1.82, 2.24) is 4.98 Å². The van der Waals surface area contributed by atoms with Gasteiger partial charge in [0.2, 0.25) is 0 Å². The van der Waals surface area contributed by atoms with Crippen LogP contribution >= 0.6 is 0 Å². The first kappa shape index (κ1) is 16.1. The molecule has 0 aliphatic heterocycles. The maximum Gasteiger partial charge on any atom is 0.125 e. The Morgan fingerprint density at radius 3 is 2.56 bits per heavy atom. The van der Waals surface area contributed by atoms with E-state index in [1.807, 2.05) is 6.20 Å². The summed E-state index contributed by atoms with van der Waals surface area (Å²) in [6.07, 6.45) is 4.24. The van der Waals surface area contributed by atoms with Crippen molar-refractivity contribution in [3.8, 4) is 0 Å². The molecule has 2 aromatic carbocycles. The summed E-state index contributed by atoms with van der Waals surface area (Å²) in [5, 5.41) is 4.64. The molecule has 1 unspecified atom stereocenters. The topological polar surface area (TPSA) is 24.9 Å². The van der Waals surface area contributed by atoms with Crippen LogP contribution in [0.3, 0.4) is 0 Å². The zero-order valence-electron chi connectivity index (χ0n) is 14.7. The Labute approximate surface area is 148 Å². The smallest absolute Gasteiger partial charge is 0.125 e. The molecule has 1 N–H and O–H groups in total. The second kappa shape index (κ2) is 6.14. The van der Waals surface area contributed by atoms with E-state index >= 15 is 0 Å². The van der Waals surface area contributed by atoms with Crippen LogP contribution in [0.1, 0.15) is 38.3 Å². The Bertz CT molecular complexity index is 881. The first-order valence-corrected chi connectivity index (χ1v) is 8.87. The summed E-state index contributed by atoms with van der Waals surface area (Å²) >= 11 is 0. The number of pyridine rings is 1. The van der Waals surface area contributed by atoms with Gasteiger partial charge in [-0.15, -0.1) is 0 Å². The van der Waals surface area contributed by atoms with Crippen molar-refractivity contribution in [2.24, 2.45) is 11.3 Å². The Balaban J connectivity index is 1.63. The zero-order chi connectivity index (χ0) is 17.4. The van der Waals surface area contributed by atoms with Crippen LogP contribution in [0.25, 0.3) is 10.9 Å². The largest absolute Gasteiger partial charge is 0.377 e. The van der Waals surface area contributed by atoms with E-state index in [0.29, 0.717) is 16.8 Å². The molecule has 1 aliphatic rings. The van der Waals surface area contributed by atoms with E-state index in [1.165, 1.54) is 30.5 Å². The van der Waals surface area contributed by atoms with Crippen LogP contribution in [0, 0.1) is 17.2 Å². The fraction of sp³-hybridized carbons (Fsp3) is 0.318. The molecule has 2 nitrogen and oxygen atoms in total. The number of hydrogen-bond acceptors (Lipinski definition) is 2. The van der Waals surface area contributed by atoms with Gasteiger partial charge in [-0.25, -0.2) is 4.39 Å². The number of halogens is 1. The lowest BCUT2D eigenvalue weighted by molar-refractivity contribution is 0.0812. The Hall–Kier alpha value is -2.42. The minimum Gasteiger partial charge on any atom is -0.377 e. The summed E-state index contributed by atoms with van der Waals surface area (Å²) in [6, 6.07) is 17.7. The molecule has 1 fully saturated rings. The highest BCUT2D eigenvalue weighted by atomic mass is 19.1. The quantitative estimate of drug-likeness (QED) is 0.636.